The first-order valence-electron chi connectivity index (χ1n) is 16.7. The Labute approximate surface area is 275 Å². The van der Waals surface area contributed by atoms with E-state index >= 15 is 0 Å². The van der Waals surface area contributed by atoms with Crippen LogP contribution in [0.15, 0.2) is 126 Å². The Morgan fingerprint density at radius 1 is 0.698 bits per heavy atom. The van der Waals surface area contributed by atoms with Gasteiger partial charge in [0, 0.05) is 57.1 Å². The molecule has 0 bridgehead atoms. The molecule has 4 heteroatoms. The Morgan fingerprint density at radius 3 is 2.19 bits per heavy atom. The predicted octanol–water partition coefficient (Wildman–Crippen LogP) is 9.94. The first-order chi connectivity index (χ1) is 22.8. The van der Waals surface area contributed by atoms with Crippen molar-refractivity contribution in [1.29, 1.82) is 0 Å². The third kappa shape index (κ3) is 6.22. The number of furan rings is 1. The topological polar surface area (TPSA) is 38.9 Å². The largest absolute Gasteiger partial charge is 0.500 e. The van der Waals surface area contributed by atoms with E-state index in [2.05, 4.69) is 90.5 Å². The molecule has 43 heavy (non-hydrogen) atoms. The van der Waals surface area contributed by atoms with Gasteiger partial charge in [0.1, 0.15) is 5.58 Å². The van der Waals surface area contributed by atoms with Gasteiger partial charge in [-0.3, -0.25) is 0 Å². The average Bonchev–Trinajstić information content (AvgIpc) is 3.48. The van der Waals surface area contributed by atoms with E-state index in [0.717, 1.165) is 33.2 Å². The molecule has 0 spiro atoms. The van der Waals surface area contributed by atoms with Crippen LogP contribution in [0.5, 0.6) is 0 Å². The Bertz CT molecular complexity index is 2100. The van der Waals surface area contributed by atoms with Gasteiger partial charge in [0.2, 0.25) is 0 Å². The second-order valence-electron chi connectivity index (χ2n) is 10.5. The van der Waals surface area contributed by atoms with Gasteiger partial charge in [0.15, 0.2) is 0 Å². The third-order valence-electron chi connectivity index (χ3n) is 7.40. The van der Waals surface area contributed by atoms with Gasteiger partial charge in [0.25, 0.3) is 0 Å². The Kier molecular flexibility index (Phi) is 6.92. The third-order valence-corrected chi connectivity index (χ3v) is 7.40. The summed E-state index contributed by atoms with van der Waals surface area (Å²) in [7, 11) is 0. The van der Waals surface area contributed by atoms with E-state index in [9.17, 15) is 0 Å². The van der Waals surface area contributed by atoms with Gasteiger partial charge in [-0.25, -0.2) is 0 Å². The van der Waals surface area contributed by atoms with Crippen LogP contribution in [-0.4, -0.2) is 9.97 Å². The molecule has 1 radical (unpaired) electrons. The molecule has 0 aliphatic heterocycles. The van der Waals surface area contributed by atoms with Crippen molar-refractivity contribution in [1.82, 2.24) is 9.97 Å². The molecule has 215 valence electrons. The number of fused-ring (bicyclic) bond motifs is 3. The quantitative estimate of drug-likeness (QED) is 0.169. The summed E-state index contributed by atoms with van der Waals surface area (Å²) in [5.41, 5.74) is 7.36. The van der Waals surface area contributed by atoms with Crippen LogP contribution in [0, 0.1) is 25.8 Å². The first kappa shape index (κ1) is 23.1. The minimum atomic E-state index is -2.18. The minimum absolute atomic E-state index is 0. The Hall–Kier alpha value is -4.37. The molecule has 7 rings (SSSR count). The number of aryl methyl sites for hydroxylation is 2. The van der Waals surface area contributed by atoms with Gasteiger partial charge >= 0.3 is 0 Å². The number of hydrogen-bond donors (Lipinski definition) is 0. The van der Waals surface area contributed by atoms with Crippen molar-refractivity contribution in [3.8, 4) is 22.5 Å². The average molecular weight is 743 g/mol. The van der Waals surface area contributed by atoms with E-state index in [1.165, 1.54) is 35.5 Å². The van der Waals surface area contributed by atoms with Crippen LogP contribution in [0.25, 0.3) is 44.5 Å². The Balaban J connectivity index is 0.000000199. The maximum absolute atomic E-state index is 7.28. The number of benzene rings is 4. The smallest absolute Gasteiger partial charge is 0.125 e. The Morgan fingerprint density at radius 2 is 1.49 bits per heavy atom. The first-order valence-corrected chi connectivity index (χ1v) is 13.7. The van der Waals surface area contributed by atoms with Crippen LogP contribution in [0.1, 0.15) is 44.3 Å². The fourth-order valence-electron chi connectivity index (χ4n) is 5.10. The van der Waals surface area contributed by atoms with Gasteiger partial charge in [0.05, 0.1) is 5.58 Å². The van der Waals surface area contributed by atoms with Crippen molar-refractivity contribution in [2.75, 3.05) is 0 Å². The SMILES string of the molecule is CC(C)(c1ccccc1)c1cccc2c1oc1c(-c3ccccn3)[c-]ccc12.[2H]C([2H])([2H])c1c[c-]c(-c2ccc(C([2H])([2H])[2H])cn2)cc1.[Ir]. The monoisotopic (exact) mass is 743 g/mol. The van der Waals surface area contributed by atoms with Crippen molar-refractivity contribution in [3.63, 3.8) is 0 Å². The normalized spacial score (nSPS) is 13.7. The summed E-state index contributed by atoms with van der Waals surface area (Å²) in [6, 6.07) is 40.7. The van der Waals surface area contributed by atoms with Crippen LogP contribution in [-0.2, 0) is 25.5 Å². The molecule has 0 saturated carbocycles. The maximum atomic E-state index is 7.28. The fourth-order valence-corrected chi connectivity index (χ4v) is 5.10. The molecule has 0 unspecified atom stereocenters. The van der Waals surface area contributed by atoms with Crippen molar-refractivity contribution in [2.45, 2.75) is 33.0 Å². The number of aromatic nitrogens is 2. The van der Waals surface area contributed by atoms with Gasteiger partial charge in [-0.05, 0) is 35.4 Å². The molecular formula is C39H32IrN2O-2. The fraction of sp³-hybridized carbons (Fsp3) is 0.128. The number of para-hydroxylation sites is 1. The molecule has 3 aromatic heterocycles. The summed E-state index contributed by atoms with van der Waals surface area (Å²) in [5, 5.41) is 2.22. The van der Waals surface area contributed by atoms with E-state index < -0.39 is 13.7 Å². The standard InChI is InChI=1S/C26H20NO.C13H12N.Ir/c1-26(2,18-10-4-3-5-11-18)22-15-9-13-20-19-12-8-14-21(24(19)28-25(20)22)23-16-6-7-17-27-23;1-10-3-6-12(7-4-10)13-8-5-11(2)9-14-13;/h3-13,15-17H,1-2H3;3-6,8-9H,1-2H3;/q2*-1;/i;1D3,2D3;. The van der Waals surface area contributed by atoms with Crippen LogP contribution >= 0.6 is 0 Å². The number of nitrogens with zero attached hydrogens (tertiary/aromatic N) is 2. The van der Waals surface area contributed by atoms with Crippen molar-refractivity contribution < 1.29 is 32.7 Å². The summed E-state index contributed by atoms with van der Waals surface area (Å²) in [4.78, 5) is 8.57. The molecule has 4 aromatic carbocycles. The van der Waals surface area contributed by atoms with Crippen LogP contribution in [0.4, 0.5) is 0 Å². The van der Waals surface area contributed by atoms with Crippen molar-refractivity contribution >= 4 is 21.9 Å². The zero-order valence-electron chi connectivity index (χ0n) is 29.7. The van der Waals surface area contributed by atoms with E-state index in [4.69, 9.17) is 12.6 Å². The van der Waals surface area contributed by atoms with Gasteiger partial charge in [-0.2, -0.15) is 0 Å². The van der Waals surface area contributed by atoms with Crippen LogP contribution < -0.4 is 0 Å². The second-order valence-corrected chi connectivity index (χ2v) is 10.5. The van der Waals surface area contributed by atoms with E-state index in [1.807, 2.05) is 24.3 Å². The van der Waals surface area contributed by atoms with Gasteiger partial charge in [-0.15, -0.1) is 53.6 Å². The molecule has 3 heterocycles. The zero-order chi connectivity index (χ0) is 34.1. The number of hydrogen-bond acceptors (Lipinski definition) is 3. The summed E-state index contributed by atoms with van der Waals surface area (Å²) in [5.74, 6) is 0. The van der Waals surface area contributed by atoms with Gasteiger partial charge in [-0.1, -0.05) is 104 Å². The molecular weight excluding hydrogens is 705 g/mol. The second kappa shape index (κ2) is 12.9. The maximum Gasteiger partial charge on any atom is 0.125 e. The summed E-state index contributed by atoms with van der Waals surface area (Å²) < 4.78 is 50.1. The summed E-state index contributed by atoms with van der Waals surface area (Å²) in [6.45, 7) is 0.153. The van der Waals surface area contributed by atoms with E-state index in [0.29, 0.717) is 11.3 Å². The molecule has 0 atom stereocenters. The predicted molar refractivity (Wildman–Crippen MR) is 172 cm³/mol. The van der Waals surface area contributed by atoms with Gasteiger partial charge < -0.3 is 14.4 Å². The molecule has 3 nitrogen and oxygen atoms in total. The van der Waals surface area contributed by atoms with Crippen LogP contribution in [0.2, 0.25) is 0 Å². The number of pyridine rings is 2. The van der Waals surface area contributed by atoms with E-state index in [1.54, 1.807) is 18.3 Å². The molecule has 0 amide bonds. The molecule has 0 fully saturated rings. The summed E-state index contributed by atoms with van der Waals surface area (Å²) in [6.07, 6.45) is 3.10. The molecule has 0 aliphatic carbocycles. The summed E-state index contributed by atoms with van der Waals surface area (Å²) >= 11 is 0. The molecule has 0 aliphatic rings. The van der Waals surface area contributed by atoms with E-state index in [-0.39, 0.29) is 36.6 Å². The van der Waals surface area contributed by atoms with Crippen molar-refractivity contribution in [2.24, 2.45) is 0 Å². The molecule has 0 N–H and O–H groups in total. The van der Waals surface area contributed by atoms with Crippen LogP contribution in [0.3, 0.4) is 0 Å². The molecule has 7 aromatic rings. The zero-order valence-corrected chi connectivity index (χ0v) is 26.1. The number of rotatable bonds is 4. The molecule has 0 saturated heterocycles. The van der Waals surface area contributed by atoms with Crippen molar-refractivity contribution in [3.05, 3.63) is 156 Å². The minimum Gasteiger partial charge on any atom is -0.500 e.